The van der Waals surface area contributed by atoms with E-state index in [-0.39, 0.29) is 5.56 Å². The lowest BCUT2D eigenvalue weighted by Gasteiger charge is -2.18. The largest absolute Gasteiger partial charge is 0.467 e. The number of methoxy groups -OCH3 is 1. The summed E-state index contributed by atoms with van der Waals surface area (Å²) in [6, 6.07) is 13.7. The molecule has 1 atom stereocenters. The molecular formula is C24H21BrN4O3S. The molecule has 2 aromatic heterocycles. The third-order valence-electron chi connectivity index (χ3n) is 5.93. The van der Waals surface area contributed by atoms with Crippen molar-refractivity contribution in [3.8, 4) is 11.3 Å². The van der Waals surface area contributed by atoms with E-state index >= 15 is 0 Å². The van der Waals surface area contributed by atoms with Crippen LogP contribution in [-0.2, 0) is 22.5 Å². The first-order valence-corrected chi connectivity index (χ1v) is 12.4. The fraction of sp³-hybridized carbons (Fsp3) is 0.250. The molecule has 0 saturated heterocycles. The van der Waals surface area contributed by atoms with Crippen LogP contribution in [0.3, 0.4) is 0 Å². The second kappa shape index (κ2) is 8.79. The van der Waals surface area contributed by atoms with Crippen molar-refractivity contribution in [3.63, 3.8) is 0 Å². The molecule has 5 rings (SSSR count). The Kier molecular flexibility index (Phi) is 5.84. The minimum absolute atomic E-state index is 0.243. The fourth-order valence-corrected chi connectivity index (χ4v) is 6.14. The van der Waals surface area contributed by atoms with Crippen LogP contribution in [0, 0.1) is 0 Å². The number of fused-ring (bicyclic) bond motifs is 2. The van der Waals surface area contributed by atoms with Gasteiger partial charge in [0.15, 0.2) is 0 Å². The predicted molar refractivity (Wildman–Crippen MR) is 132 cm³/mol. The highest BCUT2D eigenvalue weighted by Crippen LogP contribution is 2.43. The molecule has 0 bridgehead atoms. The third kappa shape index (κ3) is 3.69. The number of hydrogen-bond acceptors (Lipinski definition) is 6. The molecule has 9 heteroatoms. The van der Waals surface area contributed by atoms with E-state index in [0.29, 0.717) is 28.9 Å². The van der Waals surface area contributed by atoms with Crippen LogP contribution in [0.4, 0.5) is 0 Å². The average molecular weight is 525 g/mol. The monoisotopic (exact) mass is 524 g/mol. The number of nitrogens with zero attached hydrogens (tertiary/aromatic N) is 4. The summed E-state index contributed by atoms with van der Waals surface area (Å²) in [5.74, 6) is 0.00118. The highest BCUT2D eigenvalue weighted by molar-refractivity contribution is 9.10. The number of aryl methyl sites for hydroxylation is 1. The lowest BCUT2D eigenvalue weighted by molar-refractivity contribution is -0.143. The molecule has 0 saturated carbocycles. The van der Waals surface area contributed by atoms with Crippen LogP contribution in [0.2, 0.25) is 0 Å². The van der Waals surface area contributed by atoms with Crippen LogP contribution >= 0.6 is 27.7 Å². The van der Waals surface area contributed by atoms with Gasteiger partial charge in [-0.2, -0.15) is 0 Å². The zero-order valence-corrected chi connectivity index (χ0v) is 20.5. The van der Waals surface area contributed by atoms with Gasteiger partial charge < -0.3 is 4.74 Å². The molecule has 3 heterocycles. The van der Waals surface area contributed by atoms with Crippen LogP contribution in [-0.4, -0.2) is 38.4 Å². The number of carbonyl (C=O) groups excluding carboxylic acids is 1. The Morgan fingerprint density at radius 1 is 1.24 bits per heavy atom. The average Bonchev–Trinajstić information content (AvgIpc) is 3.50. The van der Waals surface area contributed by atoms with Crippen molar-refractivity contribution in [2.45, 2.75) is 31.0 Å². The van der Waals surface area contributed by atoms with Gasteiger partial charge in [-0.1, -0.05) is 47.7 Å². The Labute approximate surface area is 202 Å². The number of aromatic nitrogens is 4. The molecule has 2 aromatic carbocycles. The maximum Gasteiger partial charge on any atom is 0.329 e. The highest BCUT2D eigenvalue weighted by Gasteiger charge is 2.36. The summed E-state index contributed by atoms with van der Waals surface area (Å²) in [5.41, 5.74) is 3.20. The summed E-state index contributed by atoms with van der Waals surface area (Å²) in [4.78, 5) is 25.9. The van der Waals surface area contributed by atoms with E-state index in [9.17, 15) is 9.59 Å². The Morgan fingerprint density at radius 2 is 2.03 bits per heavy atom. The van der Waals surface area contributed by atoms with Gasteiger partial charge >= 0.3 is 5.97 Å². The third-order valence-corrected chi connectivity index (χ3v) is 7.91. The zero-order chi connectivity index (χ0) is 23.1. The number of esters is 1. The summed E-state index contributed by atoms with van der Waals surface area (Å²) in [7, 11) is 1.34. The van der Waals surface area contributed by atoms with Crippen LogP contribution in [0.15, 0.2) is 63.0 Å². The second-order valence-corrected chi connectivity index (χ2v) is 9.57. The molecule has 1 aliphatic rings. The minimum Gasteiger partial charge on any atom is -0.467 e. The number of thioether (sulfide) groups is 1. The molecule has 0 aliphatic carbocycles. The van der Waals surface area contributed by atoms with E-state index in [0.717, 1.165) is 32.5 Å². The first-order valence-electron chi connectivity index (χ1n) is 10.6. The van der Waals surface area contributed by atoms with E-state index in [1.54, 1.807) is 4.68 Å². The lowest BCUT2D eigenvalue weighted by atomic mass is 9.95. The maximum absolute atomic E-state index is 13.5. The molecule has 0 fully saturated rings. The molecule has 0 spiro atoms. The Bertz CT molecular complexity index is 1440. The van der Waals surface area contributed by atoms with Gasteiger partial charge in [0, 0.05) is 24.3 Å². The van der Waals surface area contributed by atoms with E-state index in [1.165, 1.54) is 23.4 Å². The first kappa shape index (κ1) is 21.9. The first-order chi connectivity index (χ1) is 16.0. The predicted octanol–water partition coefficient (Wildman–Crippen LogP) is 4.45. The van der Waals surface area contributed by atoms with Crippen molar-refractivity contribution >= 4 is 44.4 Å². The Morgan fingerprint density at radius 3 is 2.79 bits per heavy atom. The van der Waals surface area contributed by atoms with Gasteiger partial charge in [-0.15, -0.1) is 16.9 Å². The lowest BCUT2D eigenvalue weighted by Crippen LogP contribution is -2.31. The summed E-state index contributed by atoms with van der Waals surface area (Å²) >= 11 is 5.05. The van der Waals surface area contributed by atoms with E-state index < -0.39 is 12.0 Å². The van der Waals surface area contributed by atoms with Gasteiger partial charge in [-0.3, -0.25) is 14.0 Å². The van der Waals surface area contributed by atoms with Crippen molar-refractivity contribution in [3.05, 3.63) is 74.6 Å². The molecule has 4 aromatic rings. The van der Waals surface area contributed by atoms with Crippen molar-refractivity contribution in [2.24, 2.45) is 0 Å². The molecule has 0 unspecified atom stereocenters. The highest BCUT2D eigenvalue weighted by atomic mass is 79.9. The number of pyridine rings is 1. The number of rotatable bonds is 5. The molecule has 1 aliphatic heterocycles. The Hall–Kier alpha value is -2.91. The van der Waals surface area contributed by atoms with Crippen molar-refractivity contribution < 1.29 is 9.53 Å². The minimum atomic E-state index is -0.676. The van der Waals surface area contributed by atoms with Crippen LogP contribution in [0.25, 0.3) is 22.0 Å². The van der Waals surface area contributed by atoms with Crippen LogP contribution in [0.5, 0.6) is 0 Å². The van der Waals surface area contributed by atoms with Crippen molar-refractivity contribution in [2.75, 3.05) is 12.9 Å². The second-order valence-electron chi connectivity index (χ2n) is 7.77. The maximum atomic E-state index is 13.5. The Balaban J connectivity index is 1.76. The number of carbonyl (C=O) groups is 1. The molecular weight excluding hydrogens is 504 g/mol. The number of hydrogen-bond donors (Lipinski definition) is 0. The molecule has 33 heavy (non-hydrogen) atoms. The summed E-state index contributed by atoms with van der Waals surface area (Å²) in [6.45, 7) is 2.67. The normalized spacial score (nSPS) is 15.1. The zero-order valence-electron chi connectivity index (χ0n) is 18.1. The van der Waals surface area contributed by atoms with Gasteiger partial charge in [0.2, 0.25) is 0 Å². The van der Waals surface area contributed by atoms with E-state index in [2.05, 4.69) is 50.5 Å². The SMILES string of the molecule is CCn1cc(-c2c(Cc3cccc4ccccc34)c(Br)c(=O)n3c2SC[C@H]3C(=O)OC)nn1. The van der Waals surface area contributed by atoms with Gasteiger partial charge in [0.05, 0.1) is 22.8 Å². The summed E-state index contributed by atoms with van der Waals surface area (Å²) < 4.78 is 8.68. The van der Waals surface area contributed by atoms with Crippen LogP contribution in [0.1, 0.15) is 24.1 Å². The van der Waals surface area contributed by atoms with Gasteiger partial charge in [-0.25, -0.2) is 4.79 Å². The number of halogens is 1. The molecule has 0 radical (unpaired) electrons. The van der Waals surface area contributed by atoms with Gasteiger partial charge in [0.1, 0.15) is 11.7 Å². The standard InChI is InChI=1S/C24H21BrN4O3S/c1-3-28-12-18(26-27-28)20-17(11-15-9-6-8-14-7-4-5-10-16(14)15)21(25)22(30)29-19(24(31)32-2)13-33-23(20)29/h4-10,12,19H,3,11,13H2,1-2H3/t19-/m0/s1. The van der Waals surface area contributed by atoms with Crippen molar-refractivity contribution in [1.29, 1.82) is 0 Å². The number of benzene rings is 2. The molecule has 168 valence electrons. The fourth-order valence-electron chi connectivity index (χ4n) is 4.29. The quantitative estimate of drug-likeness (QED) is 0.359. The smallest absolute Gasteiger partial charge is 0.329 e. The van der Waals surface area contributed by atoms with E-state index in [4.69, 9.17) is 4.74 Å². The van der Waals surface area contributed by atoms with Gasteiger partial charge in [0.25, 0.3) is 5.56 Å². The summed E-state index contributed by atoms with van der Waals surface area (Å²) in [6.07, 6.45) is 2.41. The van der Waals surface area contributed by atoms with Crippen LogP contribution < -0.4 is 5.56 Å². The number of ether oxygens (including phenoxy) is 1. The topological polar surface area (TPSA) is 79.0 Å². The molecule has 0 N–H and O–H groups in total. The van der Waals surface area contributed by atoms with Crippen molar-refractivity contribution in [1.82, 2.24) is 19.6 Å². The molecule has 7 nitrogen and oxygen atoms in total. The molecule has 0 amide bonds. The summed E-state index contributed by atoms with van der Waals surface area (Å²) in [5, 5.41) is 11.6. The van der Waals surface area contributed by atoms with Gasteiger partial charge in [-0.05, 0) is 44.8 Å². The van der Waals surface area contributed by atoms with E-state index in [1.807, 2.05) is 31.3 Å².